The Morgan fingerprint density at radius 2 is 1.19 bits per heavy atom. The summed E-state index contributed by atoms with van der Waals surface area (Å²) >= 11 is 0. The van der Waals surface area contributed by atoms with Gasteiger partial charge in [-0.05, 0) is 70.3 Å². The van der Waals surface area contributed by atoms with E-state index in [1.807, 2.05) is 60.7 Å². The zero-order valence-electron chi connectivity index (χ0n) is 26.6. The highest BCUT2D eigenvalue weighted by molar-refractivity contribution is 5.97. The normalized spacial score (nSPS) is 11.7. The first-order valence-corrected chi connectivity index (χ1v) is 15.0. The number of methoxy groups -OCH3 is 1. The molecule has 6 nitrogen and oxygen atoms in total. The summed E-state index contributed by atoms with van der Waals surface area (Å²) in [6.07, 6.45) is 3.62. The van der Waals surface area contributed by atoms with Crippen molar-refractivity contribution in [1.82, 2.24) is 10.6 Å². The highest BCUT2D eigenvalue weighted by Crippen LogP contribution is 2.31. The third-order valence-corrected chi connectivity index (χ3v) is 7.35. The van der Waals surface area contributed by atoms with Crippen molar-refractivity contribution in [2.24, 2.45) is 0 Å². The van der Waals surface area contributed by atoms with E-state index in [-0.39, 0.29) is 22.6 Å². The number of nitrogens with one attached hydrogen (secondary N) is 2. The highest BCUT2D eigenvalue weighted by atomic mass is 16.5. The lowest BCUT2D eigenvalue weighted by atomic mass is 9.86. The molecule has 2 N–H and O–H groups in total. The van der Waals surface area contributed by atoms with Crippen LogP contribution in [0.25, 0.3) is 0 Å². The lowest BCUT2D eigenvalue weighted by molar-refractivity contribution is 0.0883. The van der Waals surface area contributed by atoms with Crippen LogP contribution in [0.2, 0.25) is 0 Å². The minimum absolute atomic E-state index is 0.0234. The lowest BCUT2D eigenvalue weighted by Gasteiger charge is -2.23. The van der Waals surface area contributed by atoms with Crippen LogP contribution in [0.3, 0.4) is 0 Å². The summed E-state index contributed by atoms with van der Waals surface area (Å²) < 4.78 is 11.6. The van der Waals surface area contributed by atoms with Gasteiger partial charge in [-0.1, -0.05) is 98.1 Å². The number of unbranched alkanes of at least 4 members (excludes halogenated alkanes) is 3. The molecule has 0 aliphatic carbocycles. The molecule has 0 heterocycles. The second kappa shape index (κ2) is 14.4. The monoisotopic (exact) mass is 572 g/mol. The maximum absolute atomic E-state index is 13.4. The third-order valence-electron chi connectivity index (χ3n) is 7.35. The van der Waals surface area contributed by atoms with Gasteiger partial charge in [-0.3, -0.25) is 9.59 Å². The van der Waals surface area contributed by atoms with Gasteiger partial charge in [0.15, 0.2) is 11.5 Å². The van der Waals surface area contributed by atoms with Crippen LogP contribution in [-0.2, 0) is 10.8 Å². The topological polar surface area (TPSA) is 76.7 Å². The van der Waals surface area contributed by atoms with E-state index in [4.69, 9.17) is 9.47 Å². The van der Waals surface area contributed by atoms with Crippen LogP contribution >= 0.6 is 0 Å². The Morgan fingerprint density at radius 3 is 1.62 bits per heavy atom. The maximum Gasteiger partial charge on any atom is 0.253 e. The van der Waals surface area contributed by atoms with Gasteiger partial charge in [-0.25, -0.2) is 0 Å². The van der Waals surface area contributed by atoms with Crippen molar-refractivity contribution in [3.05, 3.63) is 94.5 Å². The molecule has 0 aliphatic heterocycles. The molecule has 3 aromatic carbocycles. The van der Waals surface area contributed by atoms with E-state index in [1.54, 1.807) is 13.2 Å². The van der Waals surface area contributed by atoms with Gasteiger partial charge in [0.2, 0.25) is 0 Å². The zero-order chi connectivity index (χ0) is 30.9. The first-order valence-electron chi connectivity index (χ1n) is 15.0. The largest absolute Gasteiger partial charge is 0.493 e. The van der Waals surface area contributed by atoms with E-state index in [1.165, 1.54) is 6.42 Å². The smallest absolute Gasteiger partial charge is 0.253 e. The average Bonchev–Trinajstić information content (AvgIpc) is 2.96. The number of rotatable bonds is 12. The molecule has 0 fully saturated rings. The predicted molar refractivity (Wildman–Crippen MR) is 171 cm³/mol. The fraction of sp³-hybridized carbons (Fsp3) is 0.444. The minimum atomic E-state index is -0.804. The van der Waals surface area contributed by atoms with Crippen molar-refractivity contribution in [1.29, 1.82) is 0 Å². The lowest BCUT2D eigenvalue weighted by Crippen LogP contribution is -2.41. The first kappa shape index (κ1) is 32.7. The number of carbonyl (C=O) groups excluding carboxylic acids is 2. The van der Waals surface area contributed by atoms with E-state index in [0.29, 0.717) is 34.8 Å². The number of amides is 2. The van der Waals surface area contributed by atoms with Gasteiger partial charge in [0.1, 0.15) is 6.17 Å². The Morgan fingerprint density at radius 1 is 0.690 bits per heavy atom. The maximum atomic E-state index is 13.4. The number of benzene rings is 3. The van der Waals surface area contributed by atoms with Crippen LogP contribution in [0.4, 0.5) is 0 Å². The van der Waals surface area contributed by atoms with Crippen LogP contribution < -0.4 is 20.1 Å². The molecule has 6 heteroatoms. The van der Waals surface area contributed by atoms with Gasteiger partial charge in [-0.15, -0.1) is 0 Å². The number of hydrogen-bond acceptors (Lipinski definition) is 4. The average molecular weight is 573 g/mol. The van der Waals surface area contributed by atoms with Crippen molar-refractivity contribution in [2.75, 3.05) is 13.7 Å². The molecule has 0 saturated carbocycles. The van der Waals surface area contributed by atoms with E-state index >= 15 is 0 Å². The van der Waals surface area contributed by atoms with E-state index in [2.05, 4.69) is 59.1 Å². The van der Waals surface area contributed by atoms with Crippen molar-refractivity contribution in [2.45, 2.75) is 91.1 Å². The Bertz CT molecular complexity index is 1240. The zero-order valence-corrected chi connectivity index (χ0v) is 26.6. The van der Waals surface area contributed by atoms with Gasteiger partial charge in [0, 0.05) is 11.1 Å². The van der Waals surface area contributed by atoms with Crippen LogP contribution in [0.5, 0.6) is 11.5 Å². The molecule has 42 heavy (non-hydrogen) atoms. The van der Waals surface area contributed by atoms with Crippen LogP contribution in [-0.4, -0.2) is 25.5 Å². The Hall–Kier alpha value is -3.80. The van der Waals surface area contributed by atoms with Gasteiger partial charge in [-0.2, -0.15) is 0 Å². The molecule has 0 aromatic heterocycles. The molecular weight excluding hydrogens is 524 g/mol. The van der Waals surface area contributed by atoms with Crippen LogP contribution in [0, 0.1) is 0 Å². The summed E-state index contributed by atoms with van der Waals surface area (Å²) in [5.41, 5.74) is 3.92. The molecule has 0 atom stereocenters. The molecule has 0 saturated heterocycles. The van der Waals surface area contributed by atoms with Crippen LogP contribution in [0.15, 0.2) is 66.7 Å². The second-order valence-electron chi connectivity index (χ2n) is 12.9. The summed E-state index contributed by atoms with van der Waals surface area (Å²) in [5.74, 6) is 0.586. The van der Waals surface area contributed by atoms with Gasteiger partial charge in [0.05, 0.1) is 13.7 Å². The van der Waals surface area contributed by atoms with Crippen LogP contribution in [0.1, 0.15) is 118 Å². The van der Waals surface area contributed by atoms with Crippen molar-refractivity contribution < 1.29 is 19.1 Å². The summed E-state index contributed by atoms with van der Waals surface area (Å²) in [6.45, 7) is 15.6. The number of carbonyl (C=O) groups is 2. The molecule has 3 aromatic rings. The molecule has 0 unspecified atom stereocenters. The summed E-state index contributed by atoms with van der Waals surface area (Å²) in [7, 11) is 1.59. The summed E-state index contributed by atoms with van der Waals surface area (Å²) in [4.78, 5) is 26.8. The third kappa shape index (κ3) is 9.10. The van der Waals surface area contributed by atoms with Gasteiger partial charge >= 0.3 is 0 Å². The molecule has 0 bridgehead atoms. The Kier molecular flexibility index (Phi) is 11.2. The fourth-order valence-electron chi connectivity index (χ4n) is 4.57. The van der Waals surface area contributed by atoms with E-state index in [0.717, 1.165) is 30.4 Å². The molecule has 0 aliphatic rings. The fourth-order valence-corrected chi connectivity index (χ4v) is 4.57. The second-order valence-corrected chi connectivity index (χ2v) is 12.9. The summed E-state index contributed by atoms with van der Waals surface area (Å²) in [5, 5.41) is 6.03. The van der Waals surface area contributed by atoms with Crippen molar-refractivity contribution in [3.8, 4) is 11.5 Å². The standard InChI is InChI=1S/C36H48N2O4/c1-9-10-11-12-23-42-30-22-17-27(24-31(30)41-8)32(37-33(39)25-13-18-28(19-14-25)35(2,3)4)38-34(40)26-15-20-29(21-16-26)36(5,6)7/h13-22,24,32H,9-12,23H2,1-8H3,(H,37,39)(H,38,40). The summed E-state index contributed by atoms with van der Waals surface area (Å²) in [6, 6.07) is 20.6. The first-order chi connectivity index (χ1) is 19.8. The van der Waals surface area contributed by atoms with Crippen molar-refractivity contribution in [3.63, 3.8) is 0 Å². The molecule has 2 amide bonds. The minimum Gasteiger partial charge on any atom is -0.493 e. The highest BCUT2D eigenvalue weighted by Gasteiger charge is 2.22. The Labute approximate surface area is 252 Å². The van der Waals surface area contributed by atoms with Gasteiger partial charge < -0.3 is 20.1 Å². The molecule has 0 spiro atoms. The van der Waals surface area contributed by atoms with E-state index in [9.17, 15) is 9.59 Å². The number of ether oxygens (including phenoxy) is 2. The molecular formula is C36H48N2O4. The quantitative estimate of drug-likeness (QED) is 0.170. The molecule has 3 rings (SSSR count). The Balaban J connectivity index is 1.87. The van der Waals surface area contributed by atoms with Crippen molar-refractivity contribution >= 4 is 11.8 Å². The predicted octanol–water partition coefficient (Wildman–Crippen LogP) is 8.11. The number of hydrogen-bond donors (Lipinski definition) is 2. The molecule has 226 valence electrons. The SMILES string of the molecule is CCCCCCOc1ccc(C(NC(=O)c2ccc(C(C)(C)C)cc2)NC(=O)c2ccc(C(C)(C)C)cc2)cc1OC. The van der Waals surface area contributed by atoms with E-state index < -0.39 is 6.17 Å². The van der Waals surface area contributed by atoms with Gasteiger partial charge in [0.25, 0.3) is 11.8 Å². The molecule has 0 radical (unpaired) electrons.